The molecule has 296 valence electrons. The number of aromatic nitrogens is 4. The van der Waals surface area contributed by atoms with Crippen LogP contribution in [-0.4, -0.2) is 25.6 Å². The Kier molecular flexibility index (Phi) is 7.93. The van der Waals surface area contributed by atoms with Crippen LogP contribution in [0.15, 0.2) is 211 Å². The largest absolute Gasteiger partial charge is 0.456 e. The van der Waals surface area contributed by atoms with Gasteiger partial charge in [0, 0.05) is 50.1 Å². The van der Waals surface area contributed by atoms with Crippen LogP contribution in [-0.2, 0) is 0 Å². The predicted molar refractivity (Wildman–Crippen MR) is 255 cm³/mol. The second-order valence-electron chi connectivity index (χ2n) is 16.4. The molecule has 0 spiro atoms. The van der Waals surface area contributed by atoms with Gasteiger partial charge in [-0.1, -0.05) is 170 Å². The number of benzene rings is 8. The van der Waals surface area contributed by atoms with Crippen LogP contribution in [0.1, 0.15) is 22.8 Å². The third kappa shape index (κ3) is 5.69. The maximum atomic E-state index is 6.80. The van der Waals surface area contributed by atoms with Crippen molar-refractivity contribution in [3.05, 3.63) is 223 Å². The fourth-order valence-electron chi connectivity index (χ4n) is 9.97. The lowest BCUT2D eigenvalue weighted by Crippen LogP contribution is -2.30. The molecule has 11 aromatic rings. The summed E-state index contributed by atoms with van der Waals surface area (Å²) in [5.74, 6) is 2.70. The van der Waals surface area contributed by atoms with Crippen LogP contribution in [0, 0.1) is 0 Å². The molecule has 0 saturated heterocycles. The van der Waals surface area contributed by atoms with E-state index in [9.17, 15) is 0 Å². The van der Waals surface area contributed by atoms with Crippen molar-refractivity contribution >= 4 is 50.2 Å². The van der Waals surface area contributed by atoms with Gasteiger partial charge >= 0.3 is 0 Å². The lowest BCUT2D eigenvalue weighted by atomic mass is 9.82. The van der Waals surface area contributed by atoms with E-state index in [0.29, 0.717) is 17.6 Å². The van der Waals surface area contributed by atoms with E-state index in [1.54, 1.807) is 0 Å². The first kappa shape index (κ1) is 35.4. The molecule has 0 saturated carbocycles. The van der Waals surface area contributed by atoms with Gasteiger partial charge in [-0.15, -0.1) is 0 Å². The van der Waals surface area contributed by atoms with E-state index in [1.807, 2.05) is 6.07 Å². The average molecular weight is 808 g/mol. The van der Waals surface area contributed by atoms with Crippen LogP contribution in [0.5, 0.6) is 0 Å². The van der Waals surface area contributed by atoms with Gasteiger partial charge in [0.2, 0.25) is 5.95 Å². The summed E-state index contributed by atoms with van der Waals surface area (Å²) in [6, 6.07) is 70.6. The molecule has 0 amide bonds. The van der Waals surface area contributed by atoms with Crippen molar-refractivity contribution < 1.29 is 4.42 Å². The second kappa shape index (κ2) is 14.1. The summed E-state index contributed by atoms with van der Waals surface area (Å²) in [7, 11) is 0. The molecule has 0 bridgehead atoms. The molecule has 2 aliphatic rings. The Bertz CT molecular complexity index is 3530. The minimum atomic E-state index is 0.0783. The smallest absolute Gasteiger partial charge is 0.238 e. The fraction of sp³-hybridized carbons (Fsp3) is 0.0351. The summed E-state index contributed by atoms with van der Waals surface area (Å²) >= 11 is 0. The summed E-state index contributed by atoms with van der Waals surface area (Å²) in [6.45, 7) is 0. The highest BCUT2D eigenvalue weighted by molar-refractivity contribution is 6.09. The van der Waals surface area contributed by atoms with Crippen molar-refractivity contribution in [3.8, 4) is 51.0 Å². The minimum absolute atomic E-state index is 0.0783. The van der Waals surface area contributed by atoms with Gasteiger partial charge in [0.1, 0.15) is 11.3 Å². The van der Waals surface area contributed by atoms with Gasteiger partial charge in [-0.3, -0.25) is 4.57 Å². The van der Waals surface area contributed by atoms with E-state index < -0.39 is 0 Å². The molecule has 63 heavy (non-hydrogen) atoms. The molecule has 4 heterocycles. The Hall–Kier alpha value is -8.35. The van der Waals surface area contributed by atoms with Crippen LogP contribution in [0.3, 0.4) is 0 Å². The highest BCUT2D eigenvalue weighted by Crippen LogP contribution is 2.54. The highest BCUT2D eigenvalue weighted by atomic mass is 16.3. The summed E-state index contributed by atoms with van der Waals surface area (Å²) in [4.78, 5) is 18.2. The highest BCUT2D eigenvalue weighted by Gasteiger charge is 2.43. The quantitative estimate of drug-likeness (QED) is 0.167. The summed E-state index contributed by atoms with van der Waals surface area (Å²) < 4.78 is 8.96. The minimum Gasteiger partial charge on any atom is -0.456 e. The Morgan fingerprint density at radius 1 is 0.444 bits per heavy atom. The van der Waals surface area contributed by atoms with Crippen LogP contribution in [0.2, 0.25) is 0 Å². The van der Waals surface area contributed by atoms with Crippen LogP contribution < -0.4 is 4.90 Å². The van der Waals surface area contributed by atoms with Crippen molar-refractivity contribution in [3.63, 3.8) is 0 Å². The monoisotopic (exact) mass is 807 g/mol. The molecule has 0 N–H and O–H groups in total. The molecular formula is C57H37N5O. The predicted octanol–water partition coefficient (Wildman–Crippen LogP) is 14.1. The molecule has 2 unspecified atom stereocenters. The van der Waals surface area contributed by atoms with Crippen molar-refractivity contribution in [2.75, 3.05) is 4.90 Å². The average Bonchev–Trinajstić information content (AvgIpc) is 4.02. The zero-order chi connectivity index (χ0) is 41.4. The Morgan fingerprint density at radius 3 is 1.78 bits per heavy atom. The van der Waals surface area contributed by atoms with Gasteiger partial charge < -0.3 is 9.32 Å². The van der Waals surface area contributed by atoms with Crippen LogP contribution in [0.25, 0.3) is 89.8 Å². The maximum Gasteiger partial charge on any atom is 0.238 e. The summed E-state index contributed by atoms with van der Waals surface area (Å²) in [5.41, 5.74) is 14.2. The number of nitrogens with zero attached hydrogens (tertiary/aromatic N) is 5. The molecule has 2 atom stereocenters. The van der Waals surface area contributed by atoms with Gasteiger partial charge in [0.25, 0.3) is 0 Å². The zero-order valence-corrected chi connectivity index (χ0v) is 34.0. The third-order valence-corrected chi connectivity index (χ3v) is 12.8. The van der Waals surface area contributed by atoms with Gasteiger partial charge in [0.05, 0.1) is 17.1 Å². The molecule has 0 radical (unpaired) electrons. The normalized spacial score (nSPS) is 15.2. The standard InChI is InChI=1S/C57H37N5O/c1-3-14-36(15-4-1)38-26-28-39(29-27-38)55-58-56(60-57(59-55)62-47-23-10-7-20-43(47)44-21-8-11-24-48(44)62)41-30-31-46-52(35-41)63-51-33-32-50-53(54(46)51)45-22-9-12-25-49(45)61(50)42-19-13-18-40(34-42)37-16-5-2-6-17-37/h1-35,50,53H. The lowest BCUT2D eigenvalue weighted by molar-refractivity contribution is 0.584. The lowest BCUT2D eigenvalue weighted by Gasteiger charge is -2.30. The molecule has 13 rings (SSSR count). The van der Waals surface area contributed by atoms with Gasteiger partial charge in [-0.05, 0) is 70.3 Å². The topological polar surface area (TPSA) is 60.0 Å². The number of furan rings is 1. The van der Waals surface area contributed by atoms with Crippen molar-refractivity contribution in [1.29, 1.82) is 0 Å². The van der Waals surface area contributed by atoms with E-state index in [-0.39, 0.29) is 12.0 Å². The molecule has 3 aromatic heterocycles. The molecule has 6 heteroatoms. The van der Waals surface area contributed by atoms with Gasteiger partial charge in [-0.25, -0.2) is 4.98 Å². The molecular weight excluding hydrogens is 771 g/mol. The van der Waals surface area contributed by atoms with E-state index in [0.717, 1.165) is 60.8 Å². The number of fused-ring (bicyclic) bond motifs is 10. The number of para-hydroxylation sites is 3. The van der Waals surface area contributed by atoms with E-state index in [1.165, 1.54) is 33.6 Å². The summed E-state index contributed by atoms with van der Waals surface area (Å²) in [6.07, 6.45) is 4.47. The van der Waals surface area contributed by atoms with Crippen molar-refractivity contribution in [2.45, 2.75) is 12.0 Å². The van der Waals surface area contributed by atoms with Crippen molar-refractivity contribution in [2.24, 2.45) is 0 Å². The Balaban J connectivity index is 0.939. The van der Waals surface area contributed by atoms with Crippen LogP contribution in [0.4, 0.5) is 11.4 Å². The maximum absolute atomic E-state index is 6.80. The number of hydrogen-bond donors (Lipinski definition) is 0. The molecule has 8 aromatic carbocycles. The molecule has 1 aliphatic heterocycles. The van der Waals surface area contributed by atoms with E-state index in [2.05, 4.69) is 216 Å². The Labute approximate surface area is 363 Å². The number of hydrogen-bond acceptors (Lipinski definition) is 5. The van der Waals surface area contributed by atoms with E-state index in [4.69, 9.17) is 19.4 Å². The first-order chi connectivity index (χ1) is 31.2. The third-order valence-electron chi connectivity index (χ3n) is 12.8. The van der Waals surface area contributed by atoms with Crippen molar-refractivity contribution in [1.82, 2.24) is 19.5 Å². The molecule has 0 fully saturated rings. The first-order valence-corrected chi connectivity index (χ1v) is 21.4. The number of rotatable bonds is 6. The van der Waals surface area contributed by atoms with Crippen LogP contribution >= 0.6 is 0 Å². The summed E-state index contributed by atoms with van der Waals surface area (Å²) in [5, 5.41) is 3.39. The number of anilines is 2. The zero-order valence-electron chi connectivity index (χ0n) is 34.0. The fourth-order valence-corrected chi connectivity index (χ4v) is 9.97. The Morgan fingerprint density at radius 2 is 1.03 bits per heavy atom. The second-order valence-corrected chi connectivity index (χ2v) is 16.4. The molecule has 1 aliphatic carbocycles. The first-order valence-electron chi connectivity index (χ1n) is 21.4. The van der Waals surface area contributed by atoms with Gasteiger partial charge in [0.15, 0.2) is 11.6 Å². The SMILES string of the molecule is C1=CC2C(c3ccccc3N2c2cccc(-c3ccccc3)c2)c2c1oc1cc(-c3nc(-c4ccc(-c5ccccc5)cc4)nc(-n4c5ccccc5c5ccccc54)n3)ccc21. The molecule has 6 nitrogen and oxygen atoms in total. The van der Waals surface area contributed by atoms with E-state index >= 15 is 0 Å². The van der Waals surface area contributed by atoms with Gasteiger partial charge in [-0.2, -0.15) is 9.97 Å².